The van der Waals surface area contributed by atoms with E-state index in [9.17, 15) is 9.18 Å². The predicted molar refractivity (Wildman–Crippen MR) is 66.1 cm³/mol. The van der Waals surface area contributed by atoms with Gasteiger partial charge in [-0.3, -0.25) is 4.79 Å². The Morgan fingerprint density at radius 2 is 2.22 bits per heavy atom. The quantitative estimate of drug-likeness (QED) is 0.786. The van der Waals surface area contributed by atoms with Crippen molar-refractivity contribution in [2.45, 2.75) is 20.0 Å². The predicted octanol–water partition coefficient (Wildman–Crippen LogP) is 1.66. The standard InChI is InChI=1S/C13H18FNO3/c1-9-5-4-6-11(12(9)14)18-10(2)13(16)15-7-8-17-3/h4-6,10H,7-8H2,1-3H3,(H,15,16). The minimum absolute atomic E-state index is 0.0874. The van der Waals surface area contributed by atoms with Gasteiger partial charge in [-0.25, -0.2) is 4.39 Å². The van der Waals surface area contributed by atoms with Gasteiger partial charge in [-0.1, -0.05) is 12.1 Å². The molecule has 18 heavy (non-hydrogen) atoms. The van der Waals surface area contributed by atoms with Crippen molar-refractivity contribution in [2.24, 2.45) is 0 Å². The third-order valence-corrected chi connectivity index (χ3v) is 2.43. The maximum Gasteiger partial charge on any atom is 0.260 e. The van der Waals surface area contributed by atoms with E-state index in [1.165, 1.54) is 6.07 Å². The molecule has 0 heterocycles. The van der Waals surface area contributed by atoms with Crippen LogP contribution in [0.1, 0.15) is 12.5 Å². The third-order valence-electron chi connectivity index (χ3n) is 2.43. The molecule has 100 valence electrons. The van der Waals surface area contributed by atoms with Gasteiger partial charge in [0.25, 0.3) is 5.91 Å². The second-order valence-electron chi connectivity index (χ2n) is 3.93. The molecule has 0 bridgehead atoms. The number of ether oxygens (including phenoxy) is 2. The molecule has 1 aromatic rings. The van der Waals surface area contributed by atoms with Crippen LogP contribution in [0.4, 0.5) is 4.39 Å². The Bertz CT molecular complexity index is 409. The van der Waals surface area contributed by atoms with Crippen molar-refractivity contribution in [3.63, 3.8) is 0 Å². The SMILES string of the molecule is COCCNC(=O)C(C)Oc1cccc(C)c1F. The number of methoxy groups -OCH3 is 1. The number of hydrogen-bond donors (Lipinski definition) is 1. The third kappa shape index (κ3) is 4.00. The molecule has 1 unspecified atom stereocenters. The van der Waals surface area contributed by atoms with Crippen molar-refractivity contribution < 1.29 is 18.7 Å². The molecule has 0 fully saturated rings. The van der Waals surface area contributed by atoms with Gasteiger partial charge in [-0.05, 0) is 25.5 Å². The summed E-state index contributed by atoms with van der Waals surface area (Å²) in [6.07, 6.45) is -0.752. The van der Waals surface area contributed by atoms with Crippen molar-refractivity contribution in [3.8, 4) is 5.75 Å². The molecule has 0 spiro atoms. The first kappa shape index (κ1) is 14.4. The van der Waals surface area contributed by atoms with Crippen LogP contribution >= 0.6 is 0 Å². The van der Waals surface area contributed by atoms with Crippen LogP contribution in [0, 0.1) is 12.7 Å². The van der Waals surface area contributed by atoms with Crippen LogP contribution in [0.15, 0.2) is 18.2 Å². The molecule has 0 saturated carbocycles. The molecule has 1 rings (SSSR count). The van der Waals surface area contributed by atoms with Gasteiger partial charge < -0.3 is 14.8 Å². The van der Waals surface area contributed by atoms with Gasteiger partial charge in [-0.2, -0.15) is 0 Å². The Kier molecular flexibility index (Phi) is 5.58. The van der Waals surface area contributed by atoms with Crippen LogP contribution in [-0.4, -0.2) is 32.3 Å². The zero-order valence-corrected chi connectivity index (χ0v) is 10.8. The number of amides is 1. The molecule has 1 aromatic carbocycles. The summed E-state index contributed by atoms with van der Waals surface area (Å²) in [5.74, 6) is -0.647. The van der Waals surface area contributed by atoms with E-state index >= 15 is 0 Å². The fraction of sp³-hybridized carbons (Fsp3) is 0.462. The molecular weight excluding hydrogens is 237 g/mol. The van der Waals surface area contributed by atoms with Crippen LogP contribution in [0.2, 0.25) is 0 Å². The molecule has 5 heteroatoms. The van der Waals surface area contributed by atoms with Crippen molar-refractivity contribution in [3.05, 3.63) is 29.6 Å². The Balaban J connectivity index is 2.56. The molecule has 0 aromatic heterocycles. The topological polar surface area (TPSA) is 47.6 Å². The summed E-state index contributed by atoms with van der Waals surface area (Å²) in [7, 11) is 1.55. The molecule has 1 atom stereocenters. The minimum Gasteiger partial charge on any atom is -0.478 e. The van der Waals surface area contributed by atoms with Gasteiger partial charge in [0, 0.05) is 13.7 Å². The first-order valence-electron chi connectivity index (χ1n) is 5.74. The maximum atomic E-state index is 13.7. The number of nitrogens with one attached hydrogen (secondary N) is 1. The molecule has 0 saturated heterocycles. The van der Waals surface area contributed by atoms with Gasteiger partial charge in [0.1, 0.15) is 0 Å². The molecule has 4 nitrogen and oxygen atoms in total. The van der Waals surface area contributed by atoms with E-state index in [1.807, 2.05) is 0 Å². The van der Waals surface area contributed by atoms with Gasteiger partial charge in [0.15, 0.2) is 17.7 Å². The van der Waals surface area contributed by atoms with E-state index in [1.54, 1.807) is 33.1 Å². The summed E-state index contributed by atoms with van der Waals surface area (Å²) in [4.78, 5) is 11.6. The molecule has 1 amide bonds. The van der Waals surface area contributed by atoms with Crippen LogP contribution < -0.4 is 10.1 Å². The number of carbonyl (C=O) groups is 1. The van der Waals surface area contributed by atoms with Gasteiger partial charge in [0.05, 0.1) is 6.61 Å². The lowest BCUT2D eigenvalue weighted by Gasteiger charge is -2.15. The second-order valence-corrected chi connectivity index (χ2v) is 3.93. The lowest BCUT2D eigenvalue weighted by molar-refractivity contribution is -0.127. The lowest BCUT2D eigenvalue weighted by Crippen LogP contribution is -2.38. The first-order valence-corrected chi connectivity index (χ1v) is 5.74. The molecule has 0 aliphatic carbocycles. The van der Waals surface area contributed by atoms with E-state index in [0.717, 1.165) is 0 Å². The highest BCUT2D eigenvalue weighted by Gasteiger charge is 2.16. The van der Waals surface area contributed by atoms with Crippen molar-refractivity contribution in [1.82, 2.24) is 5.32 Å². The van der Waals surface area contributed by atoms with E-state index in [-0.39, 0.29) is 11.7 Å². The number of halogens is 1. The molecular formula is C13H18FNO3. The number of hydrogen-bond acceptors (Lipinski definition) is 3. The van der Waals surface area contributed by atoms with Gasteiger partial charge >= 0.3 is 0 Å². The summed E-state index contributed by atoms with van der Waals surface area (Å²) in [6, 6.07) is 4.83. The Hall–Kier alpha value is -1.62. The van der Waals surface area contributed by atoms with Gasteiger partial charge in [0.2, 0.25) is 0 Å². The average Bonchev–Trinajstić information content (AvgIpc) is 2.35. The molecule has 0 radical (unpaired) electrons. The number of carbonyl (C=O) groups excluding carboxylic acids is 1. The lowest BCUT2D eigenvalue weighted by atomic mass is 10.2. The summed E-state index contributed by atoms with van der Waals surface area (Å²) >= 11 is 0. The number of rotatable bonds is 6. The summed E-state index contributed by atoms with van der Waals surface area (Å²) < 4.78 is 23.8. The minimum atomic E-state index is -0.752. The van der Waals surface area contributed by atoms with Crippen molar-refractivity contribution in [1.29, 1.82) is 0 Å². The van der Waals surface area contributed by atoms with E-state index in [4.69, 9.17) is 9.47 Å². The van der Waals surface area contributed by atoms with Crippen molar-refractivity contribution in [2.75, 3.05) is 20.3 Å². The number of aryl methyl sites for hydroxylation is 1. The Morgan fingerprint density at radius 3 is 2.89 bits per heavy atom. The summed E-state index contributed by atoms with van der Waals surface area (Å²) in [5.41, 5.74) is 0.486. The largest absolute Gasteiger partial charge is 0.478 e. The monoisotopic (exact) mass is 255 g/mol. The number of benzene rings is 1. The smallest absolute Gasteiger partial charge is 0.260 e. The highest BCUT2D eigenvalue weighted by Crippen LogP contribution is 2.20. The van der Waals surface area contributed by atoms with E-state index in [2.05, 4.69) is 5.32 Å². The highest BCUT2D eigenvalue weighted by molar-refractivity contribution is 5.80. The van der Waals surface area contributed by atoms with E-state index < -0.39 is 11.9 Å². The van der Waals surface area contributed by atoms with Crippen LogP contribution in [0.5, 0.6) is 5.75 Å². The summed E-state index contributed by atoms with van der Waals surface area (Å²) in [6.45, 7) is 4.05. The fourth-order valence-corrected chi connectivity index (χ4v) is 1.38. The van der Waals surface area contributed by atoms with E-state index in [0.29, 0.717) is 18.7 Å². The zero-order valence-electron chi connectivity index (χ0n) is 10.8. The molecule has 1 N–H and O–H groups in total. The normalized spacial score (nSPS) is 12.0. The maximum absolute atomic E-state index is 13.7. The Labute approximate surface area is 106 Å². The molecule has 0 aliphatic heterocycles. The van der Waals surface area contributed by atoms with Crippen LogP contribution in [-0.2, 0) is 9.53 Å². The zero-order chi connectivity index (χ0) is 13.5. The first-order chi connectivity index (χ1) is 8.56. The van der Waals surface area contributed by atoms with Crippen LogP contribution in [0.3, 0.4) is 0 Å². The second kappa shape index (κ2) is 6.96. The average molecular weight is 255 g/mol. The Morgan fingerprint density at radius 1 is 1.50 bits per heavy atom. The van der Waals surface area contributed by atoms with Gasteiger partial charge in [-0.15, -0.1) is 0 Å². The van der Waals surface area contributed by atoms with Crippen LogP contribution in [0.25, 0.3) is 0 Å². The molecule has 0 aliphatic rings. The summed E-state index contributed by atoms with van der Waals surface area (Å²) in [5, 5.41) is 2.63. The van der Waals surface area contributed by atoms with Crippen molar-refractivity contribution >= 4 is 5.91 Å². The highest BCUT2D eigenvalue weighted by atomic mass is 19.1. The fourth-order valence-electron chi connectivity index (χ4n) is 1.38.